The van der Waals surface area contributed by atoms with Gasteiger partial charge in [0.15, 0.2) is 0 Å². The maximum absolute atomic E-state index is 12.7. The van der Waals surface area contributed by atoms with E-state index in [-0.39, 0.29) is 11.5 Å². The molecule has 0 fully saturated rings. The first-order valence-corrected chi connectivity index (χ1v) is 11.7. The summed E-state index contributed by atoms with van der Waals surface area (Å²) in [5, 5.41) is 0. The van der Waals surface area contributed by atoms with E-state index in [2.05, 4.69) is 55.9 Å². The molecule has 3 heterocycles. The van der Waals surface area contributed by atoms with Crippen molar-refractivity contribution < 1.29 is 4.79 Å². The van der Waals surface area contributed by atoms with Crippen molar-refractivity contribution in [2.24, 2.45) is 5.92 Å². The summed E-state index contributed by atoms with van der Waals surface area (Å²) in [6.45, 7) is 10.4. The number of aromatic nitrogens is 1. The van der Waals surface area contributed by atoms with Crippen LogP contribution in [-0.4, -0.2) is 34.9 Å². The second-order valence-electron chi connectivity index (χ2n) is 9.12. The van der Waals surface area contributed by atoms with E-state index >= 15 is 0 Å². The summed E-state index contributed by atoms with van der Waals surface area (Å²) in [6.07, 6.45) is 10.7. The molecule has 0 aliphatic carbocycles. The number of rotatable bonds is 7. The first-order valence-electron chi connectivity index (χ1n) is 11.7. The standard InChI is InChI=1S/C27H33N3O2/c1-5-19(6-2)16-30-25-10-9-20(12-22(25)14-26(30)31)24-13-23(15-28-27(24)32)21-8-7-11-29(17-21)18(3)4/h7-10,12-13,15,17-19H,5-6,11,14,16H2,1-4H3,(H,28,32). The van der Waals surface area contributed by atoms with E-state index in [1.807, 2.05) is 29.2 Å². The summed E-state index contributed by atoms with van der Waals surface area (Å²) in [7, 11) is 0. The normalized spacial score (nSPS) is 15.7. The SMILES string of the molecule is CCC(CC)CN1C(=O)Cc2cc(-c3cc(C4=CN(C(C)C)CC=C4)c[nH]c3=O)ccc21. The summed E-state index contributed by atoms with van der Waals surface area (Å²) in [6, 6.07) is 8.36. The third kappa shape index (κ3) is 4.29. The number of hydrogen-bond acceptors (Lipinski definition) is 3. The molecule has 0 saturated carbocycles. The lowest BCUT2D eigenvalue weighted by atomic mass is 9.98. The Labute approximate surface area is 190 Å². The number of nitrogens with one attached hydrogen (secondary N) is 1. The molecule has 0 radical (unpaired) electrons. The number of fused-ring (bicyclic) bond motifs is 1. The van der Waals surface area contributed by atoms with Crippen LogP contribution in [0.5, 0.6) is 0 Å². The Hall–Kier alpha value is -3.08. The van der Waals surface area contributed by atoms with Crippen LogP contribution in [0.2, 0.25) is 0 Å². The van der Waals surface area contributed by atoms with Gasteiger partial charge in [-0.05, 0) is 54.7 Å². The molecule has 0 unspecified atom stereocenters. The maximum atomic E-state index is 12.7. The quantitative estimate of drug-likeness (QED) is 0.672. The highest BCUT2D eigenvalue weighted by Gasteiger charge is 2.29. The highest BCUT2D eigenvalue weighted by Crippen LogP contribution is 2.34. The van der Waals surface area contributed by atoms with Crippen LogP contribution >= 0.6 is 0 Å². The number of hydrogen-bond donors (Lipinski definition) is 1. The molecular weight excluding hydrogens is 398 g/mol. The second-order valence-corrected chi connectivity index (χ2v) is 9.12. The Balaban J connectivity index is 1.66. The molecule has 2 aromatic rings. The summed E-state index contributed by atoms with van der Waals surface area (Å²) in [5.74, 6) is 0.657. The molecule has 32 heavy (non-hydrogen) atoms. The number of aromatic amines is 1. The number of anilines is 1. The Morgan fingerprint density at radius 1 is 1.06 bits per heavy atom. The largest absolute Gasteiger partial charge is 0.371 e. The molecule has 168 valence electrons. The average molecular weight is 432 g/mol. The average Bonchev–Trinajstić information content (AvgIpc) is 3.11. The molecule has 0 spiro atoms. The summed E-state index contributed by atoms with van der Waals surface area (Å²) in [4.78, 5) is 32.5. The number of carbonyl (C=O) groups excluding carboxylic acids is 1. The Kier molecular flexibility index (Phi) is 6.35. The summed E-state index contributed by atoms with van der Waals surface area (Å²) >= 11 is 0. The van der Waals surface area contributed by atoms with Crippen molar-refractivity contribution in [3.8, 4) is 11.1 Å². The lowest BCUT2D eigenvalue weighted by molar-refractivity contribution is -0.117. The molecule has 5 heteroatoms. The minimum atomic E-state index is -0.118. The predicted octanol–water partition coefficient (Wildman–Crippen LogP) is 4.99. The number of allylic oxidation sites excluding steroid dienone is 2. The Morgan fingerprint density at radius 2 is 1.84 bits per heavy atom. The van der Waals surface area contributed by atoms with Crippen molar-refractivity contribution in [1.82, 2.24) is 9.88 Å². The smallest absolute Gasteiger partial charge is 0.255 e. The Morgan fingerprint density at radius 3 is 2.56 bits per heavy atom. The number of benzene rings is 1. The highest BCUT2D eigenvalue weighted by atomic mass is 16.2. The third-order valence-electron chi connectivity index (χ3n) is 6.74. The number of amides is 1. The first-order chi connectivity index (χ1) is 15.4. The molecule has 1 aromatic heterocycles. The van der Waals surface area contributed by atoms with Crippen LogP contribution in [0, 0.1) is 5.92 Å². The minimum Gasteiger partial charge on any atom is -0.371 e. The molecule has 2 aliphatic rings. The van der Waals surface area contributed by atoms with Gasteiger partial charge in [-0.25, -0.2) is 0 Å². The number of nitrogens with zero attached hydrogens (tertiary/aromatic N) is 2. The topological polar surface area (TPSA) is 56.4 Å². The lowest BCUT2D eigenvalue weighted by Gasteiger charge is -2.27. The molecule has 2 aliphatic heterocycles. The molecule has 4 rings (SSSR count). The van der Waals surface area contributed by atoms with Crippen LogP contribution in [0.4, 0.5) is 5.69 Å². The van der Waals surface area contributed by atoms with E-state index in [4.69, 9.17) is 0 Å². The second kappa shape index (κ2) is 9.19. The van der Waals surface area contributed by atoms with Crippen LogP contribution in [0.25, 0.3) is 16.7 Å². The Bertz CT molecular complexity index is 1120. The maximum Gasteiger partial charge on any atom is 0.255 e. The van der Waals surface area contributed by atoms with Crippen molar-refractivity contribution in [3.05, 3.63) is 70.3 Å². The lowest BCUT2D eigenvalue weighted by Crippen LogP contribution is -2.31. The molecule has 0 atom stereocenters. The monoisotopic (exact) mass is 431 g/mol. The van der Waals surface area contributed by atoms with Gasteiger partial charge in [0, 0.05) is 48.3 Å². The van der Waals surface area contributed by atoms with Crippen LogP contribution < -0.4 is 10.5 Å². The molecule has 0 saturated heterocycles. The van der Waals surface area contributed by atoms with Crippen molar-refractivity contribution in [2.75, 3.05) is 18.0 Å². The van der Waals surface area contributed by atoms with Crippen molar-refractivity contribution in [3.63, 3.8) is 0 Å². The van der Waals surface area contributed by atoms with Gasteiger partial charge in [-0.2, -0.15) is 0 Å². The number of pyridine rings is 1. The summed E-state index contributed by atoms with van der Waals surface area (Å²) in [5.41, 5.74) is 5.42. The van der Waals surface area contributed by atoms with E-state index in [0.717, 1.165) is 53.9 Å². The zero-order chi connectivity index (χ0) is 22.8. The number of H-pyrrole nitrogens is 1. The molecular formula is C27H33N3O2. The van der Waals surface area contributed by atoms with Crippen LogP contribution in [-0.2, 0) is 11.2 Å². The molecule has 1 aromatic carbocycles. The van der Waals surface area contributed by atoms with E-state index in [9.17, 15) is 9.59 Å². The van der Waals surface area contributed by atoms with Crippen molar-refractivity contribution >= 4 is 17.2 Å². The van der Waals surface area contributed by atoms with Gasteiger partial charge in [0.1, 0.15) is 0 Å². The molecule has 0 bridgehead atoms. The van der Waals surface area contributed by atoms with Crippen LogP contribution in [0.3, 0.4) is 0 Å². The van der Waals surface area contributed by atoms with Gasteiger partial charge in [0.05, 0.1) is 6.42 Å². The van der Waals surface area contributed by atoms with Gasteiger partial charge < -0.3 is 14.8 Å². The van der Waals surface area contributed by atoms with E-state index in [1.165, 1.54) is 0 Å². The van der Waals surface area contributed by atoms with Gasteiger partial charge in [0.2, 0.25) is 5.91 Å². The van der Waals surface area contributed by atoms with E-state index in [0.29, 0.717) is 23.9 Å². The van der Waals surface area contributed by atoms with Gasteiger partial charge in [0.25, 0.3) is 5.56 Å². The van der Waals surface area contributed by atoms with Gasteiger partial charge in [-0.3, -0.25) is 9.59 Å². The zero-order valence-electron chi connectivity index (χ0n) is 19.5. The van der Waals surface area contributed by atoms with E-state index in [1.54, 1.807) is 6.20 Å². The fourth-order valence-corrected chi connectivity index (χ4v) is 4.53. The highest BCUT2D eigenvalue weighted by molar-refractivity contribution is 6.02. The fourth-order valence-electron chi connectivity index (χ4n) is 4.53. The third-order valence-corrected chi connectivity index (χ3v) is 6.74. The predicted molar refractivity (Wildman–Crippen MR) is 132 cm³/mol. The van der Waals surface area contributed by atoms with Crippen molar-refractivity contribution in [1.29, 1.82) is 0 Å². The van der Waals surface area contributed by atoms with Crippen LogP contribution in [0.15, 0.2) is 53.6 Å². The van der Waals surface area contributed by atoms with Gasteiger partial charge >= 0.3 is 0 Å². The fraction of sp³-hybridized carbons (Fsp3) is 0.407. The van der Waals surface area contributed by atoms with Crippen molar-refractivity contribution in [2.45, 2.75) is 53.0 Å². The summed E-state index contributed by atoms with van der Waals surface area (Å²) < 4.78 is 0. The van der Waals surface area contributed by atoms with Gasteiger partial charge in [-0.1, -0.05) is 44.9 Å². The minimum absolute atomic E-state index is 0.118. The van der Waals surface area contributed by atoms with Crippen LogP contribution in [0.1, 0.15) is 51.7 Å². The van der Waals surface area contributed by atoms with Gasteiger partial charge in [-0.15, -0.1) is 0 Å². The first kappa shape index (κ1) is 22.1. The number of carbonyl (C=O) groups is 1. The van der Waals surface area contributed by atoms with E-state index < -0.39 is 0 Å². The molecule has 5 nitrogen and oxygen atoms in total. The molecule has 1 N–H and O–H groups in total. The zero-order valence-corrected chi connectivity index (χ0v) is 19.5. The molecule has 1 amide bonds.